The second kappa shape index (κ2) is 8.60. The molecule has 1 saturated heterocycles. The number of nitrogens with zero attached hydrogens (tertiary/aromatic N) is 3. The first-order chi connectivity index (χ1) is 14.8. The summed E-state index contributed by atoms with van der Waals surface area (Å²) in [5.41, 5.74) is 1.96. The Morgan fingerprint density at radius 2 is 1.84 bits per heavy atom. The fraction of sp³-hybridized carbons (Fsp3) is 0.318. The highest BCUT2D eigenvalue weighted by molar-refractivity contribution is 7.89. The standard InChI is InChI=1S/C22H24N4O4S/c1-15-8-9-19(23-16(2)27)20(14-15)31(28,29)26-12-10-17(11-13-26)21-24-22(30-25-21)18-6-4-3-5-7-18/h3-9,14,17H,10-13H2,1-2H3,(H,23,27). The molecule has 0 radical (unpaired) electrons. The van der Waals surface area contributed by atoms with Crippen LogP contribution in [0.4, 0.5) is 5.69 Å². The molecule has 0 atom stereocenters. The van der Waals surface area contributed by atoms with Gasteiger partial charge in [-0.25, -0.2) is 8.42 Å². The van der Waals surface area contributed by atoms with Gasteiger partial charge in [0.15, 0.2) is 5.82 Å². The van der Waals surface area contributed by atoms with Crippen LogP contribution in [-0.2, 0) is 14.8 Å². The number of sulfonamides is 1. The van der Waals surface area contributed by atoms with Gasteiger partial charge in [0.1, 0.15) is 4.90 Å². The van der Waals surface area contributed by atoms with E-state index >= 15 is 0 Å². The van der Waals surface area contributed by atoms with Crippen LogP contribution < -0.4 is 5.32 Å². The molecule has 0 bridgehead atoms. The molecule has 1 aromatic heterocycles. The Kier molecular flexibility index (Phi) is 5.88. The summed E-state index contributed by atoms with van der Waals surface area (Å²) in [5, 5.41) is 6.74. The Morgan fingerprint density at radius 3 is 2.52 bits per heavy atom. The molecule has 1 fully saturated rings. The monoisotopic (exact) mass is 440 g/mol. The van der Waals surface area contributed by atoms with Crippen molar-refractivity contribution < 1.29 is 17.7 Å². The lowest BCUT2D eigenvalue weighted by Gasteiger charge is -2.30. The number of hydrogen-bond acceptors (Lipinski definition) is 6. The molecule has 0 aliphatic carbocycles. The van der Waals surface area contributed by atoms with Crippen molar-refractivity contribution in [3.05, 3.63) is 59.9 Å². The van der Waals surface area contributed by atoms with E-state index in [1.165, 1.54) is 11.2 Å². The largest absolute Gasteiger partial charge is 0.334 e. The van der Waals surface area contributed by atoms with Gasteiger partial charge in [-0.15, -0.1) is 0 Å². The molecule has 31 heavy (non-hydrogen) atoms. The summed E-state index contributed by atoms with van der Waals surface area (Å²) in [5.74, 6) is 0.779. The maximum Gasteiger partial charge on any atom is 0.257 e. The van der Waals surface area contributed by atoms with Gasteiger partial charge in [-0.05, 0) is 49.6 Å². The normalized spacial score (nSPS) is 15.7. The van der Waals surface area contributed by atoms with Crippen molar-refractivity contribution in [1.82, 2.24) is 14.4 Å². The summed E-state index contributed by atoms with van der Waals surface area (Å²) in [7, 11) is -3.75. The summed E-state index contributed by atoms with van der Waals surface area (Å²) in [4.78, 5) is 16.1. The fourth-order valence-electron chi connectivity index (χ4n) is 3.73. The lowest BCUT2D eigenvalue weighted by atomic mass is 9.97. The van der Waals surface area contributed by atoms with Crippen molar-refractivity contribution >= 4 is 21.6 Å². The number of amides is 1. The Labute approximate surface area is 181 Å². The molecular weight excluding hydrogens is 416 g/mol. The molecule has 2 heterocycles. The zero-order valence-corrected chi connectivity index (χ0v) is 18.2. The van der Waals surface area contributed by atoms with E-state index in [0.29, 0.717) is 43.3 Å². The van der Waals surface area contributed by atoms with E-state index < -0.39 is 10.0 Å². The third kappa shape index (κ3) is 4.52. The van der Waals surface area contributed by atoms with Crippen molar-refractivity contribution in [2.75, 3.05) is 18.4 Å². The van der Waals surface area contributed by atoms with Crippen molar-refractivity contribution in [2.45, 2.75) is 37.5 Å². The van der Waals surface area contributed by atoms with Gasteiger partial charge in [0.2, 0.25) is 15.9 Å². The van der Waals surface area contributed by atoms with E-state index in [4.69, 9.17) is 4.52 Å². The first-order valence-corrected chi connectivity index (χ1v) is 11.6. The Balaban J connectivity index is 1.50. The van der Waals surface area contributed by atoms with Crippen LogP contribution in [0.1, 0.15) is 37.1 Å². The molecule has 1 aliphatic heterocycles. The van der Waals surface area contributed by atoms with Crippen LogP contribution in [0, 0.1) is 6.92 Å². The van der Waals surface area contributed by atoms with Crippen molar-refractivity contribution in [3.63, 3.8) is 0 Å². The van der Waals surface area contributed by atoms with Gasteiger partial charge in [-0.1, -0.05) is 29.4 Å². The van der Waals surface area contributed by atoms with E-state index in [2.05, 4.69) is 15.5 Å². The molecule has 0 spiro atoms. The van der Waals surface area contributed by atoms with Gasteiger partial charge in [-0.2, -0.15) is 9.29 Å². The number of carbonyl (C=O) groups excluding carboxylic acids is 1. The van der Waals surface area contributed by atoms with Crippen LogP contribution in [0.5, 0.6) is 0 Å². The molecule has 2 aromatic carbocycles. The van der Waals surface area contributed by atoms with Gasteiger partial charge in [0.05, 0.1) is 5.69 Å². The molecule has 3 aromatic rings. The third-order valence-corrected chi connectivity index (χ3v) is 7.29. The highest BCUT2D eigenvalue weighted by atomic mass is 32.2. The van der Waals surface area contributed by atoms with Gasteiger partial charge in [0.25, 0.3) is 5.89 Å². The van der Waals surface area contributed by atoms with Gasteiger partial charge in [0, 0.05) is 31.5 Å². The van der Waals surface area contributed by atoms with Crippen LogP contribution >= 0.6 is 0 Å². The number of piperidine rings is 1. The third-order valence-electron chi connectivity index (χ3n) is 5.35. The Hall–Kier alpha value is -3.04. The predicted octanol–water partition coefficient (Wildman–Crippen LogP) is 3.57. The number of aromatic nitrogens is 2. The molecule has 1 N–H and O–H groups in total. The second-order valence-corrected chi connectivity index (χ2v) is 9.59. The molecule has 8 nitrogen and oxygen atoms in total. The molecule has 162 valence electrons. The summed E-state index contributed by atoms with van der Waals surface area (Å²) < 4.78 is 33.5. The summed E-state index contributed by atoms with van der Waals surface area (Å²) >= 11 is 0. The summed E-state index contributed by atoms with van der Waals surface area (Å²) in [6.45, 7) is 3.87. The molecule has 0 unspecified atom stereocenters. The number of carbonyl (C=O) groups is 1. The Bertz CT molecular complexity index is 1180. The van der Waals surface area contributed by atoms with Gasteiger partial charge in [-0.3, -0.25) is 4.79 Å². The maximum atomic E-state index is 13.3. The number of rotatable bonds is 5. The van der Waals surface area contributed by atoms with E-state index in [0.717, 1.165) is 11.1 Å². The zero-order chi connectivity index (χ0) is 22.0. The minimum Gasteiger partial charge on any atom is -0.334 e. The van der Waals surface area contributed by atoms with E-state index in [1.54, 1.807) is 18.2 Å². The highest BCUT2D eigenvalue weighted by Crippen LogP contribution is 2.33. The smallest absolute Gasteiger partial charge is 0.257 e. The number of nitrogens with one attached hydrogen (secondary N) is 1. The summed E-state index contributed by atoms with van der Waals surface area (Å²) in [6, 6.07) is 14.5. The first-order valence-electron chi connectivity index (χ1n) is 10.1. The van der Waals surface area contributed by atoms with Crippen molar-refractivity contribution in [2.24, 2.45) is 0 Å². The average molecular weight is 441 g/mol. The van der Waals surface area contributed by atoms with Crippen LogP contribution in [-0.4, -0.2) is 41.9 Å². The van der Waals surface area contributed by atoms with Crippen LogP contribution in [0.25, 0.3) is 11.5 Å². The van der Waals surface area contributed by atoms with Crippen LogP contribution in [0.2, 0.25) is 0 Å². The first kappa shape index (κ1) is 21.2. The molecule has 1 aliphatic rings. The second-order valence-electron chi connectivity index (χ2n) is 7.68. The topological polar surface area (TPSA) is 105 Å². The maximum absolute atomic E-state index is 13.3. The molecule has 4 rings (SSSR count). The Morgan fingerprint density at radius 1 is 1.13 bits per heavy atom. The number of anilines is 1. The number of aryl methyl sites for hydroxylation is 1. The number of benzene rings is 2. The molecule has 9 heteroatoms. The predicted molar refractivity (Wildman–Crippen MR) is 116 cm³/mol. The molecule has 0 saturated carbocycles. The molecule has 1 amide bonds. The van der Waals surface area contributed by atoms with Crippen LogP contribution in [0.15, 0.2) is 57.9 Å². The lowest BCUT2D eigenvalue weighted by Crippen LogP contribution is -2.38. The summed E-state index contributed by atoms with van der Waals surface area (Å²) in [6.07, 6.45) is 1.18. The highest BCUT2D eigenvalue weighted by Gasteiger charge is 2.33. The minimum atomic E-state index is -3.75. The van der Waals surface area contributed by atoms with Crippen molar-refractivity contribution in [3.8, 4) is 11.5 Å². The molecular formula is C22H24N4O4S. The number of hydrogen-bond donors (Lipinski definition) is 1. The lowest BCUT2D eigenvalue weighted by molar-refractivity contribution is -0.114. The van der Waals surface area contributed by atoms with Crippen molar-refractivity contribution in [1.29, 1.82) is 0 Å². The van der Waals surface area contributed by atoms with E-state index in [1.807, 2.05) is 37.3 Å². The van der Waals surface area contributed by atoms with E-state index in [9.17, 15) is 13.2 Å². The zero-order valence-electron chi connectivity index (χ0n) is 17.4. The van der Waals surface area contributed by atoms with E-state index in [-0.39, 0.29) is 16.7 Å². The van der Waals surface area contributed by atoms with Gasteiger partial charge < -0.3 is 9.84 Å². The SMILES string of the molecule is CC(=O)Nc1ccc(C)cc1S(=O)(=O)N1CCC(c2noc(-c3ccccc3)n2)CC1. The van der Waals surface area contributed by atoms with Crippen LogP contribution in [0.3, 0.4) is 0 Å². The minimum absolute atomic E-state index is 0.0278. The quantitative estimate of drug-likeness (QED) is 0.650. The average Bonchev–Trinajstić information content (AvgIpc) is 3.26. The fourth-order valence-corrected chi connectivity index (χ4v) is 5.43. The van der Waals surface area contributed by atoms with Gasteiger partial charge >= 0.3 is 0 Å².